The Morgan fingerprint density at radius 1 is 1.62 bits per heavy atom. The minimum Gasteiger partial charge on any atom is -0.450 e. The van der Waals surface area contributed by atoms with E-state index in [1.165, 1.54) is 6.92 Å². The van der Waals surface area contributed by atoms with Gasteiger partial charge in [0.2, 0.25) is 0 Å². The molecule has 0 heterocycles. The molecule has 0 aromatic rings. The smallest absolute Gasteiger partial charge is 0.303 e. The molecule has 0 saturated heterocycles. The maximum absolute atomic E-state index is 10.1. The number of carbonyl (C=O) groups excluding carboxylic acids is 1. The number of carbonyl (C=O) groups is 1. The SMILES string of the molecule is CC(=O)OCN(C)C. The van der Waals surface area contributed by atoms with Crippen molar-refractivity contribution in [3.05, 3.63) is 0 Å². The minimum atomic E-state index is -0.237. The van der Waals surface area contributed by atoms with E-state index < -0.39 is 0 Å². The van der Waals surface area contributed by atoms with Gasteiger partial charge in [-0.3, -0.25) is 9.69 Å². The third kappa shape index (κ3) is 5.43. The Hall–Kier alpha value is -0.570. The lowest BCUT2D eigenvalue weighted by molar-refractivity contribution is -0.144. The number of hydrogen-bond donors (Lipinski definition) is 0. The average molecular weight is 117 g/mol. The van der Waals surface area contributed by atoms with Crippen molar-refractivity contribution in [1.29, 1.82) is 0 Å². The first-order valence-corrected chi connectivity index (χ1v) is 2.41. The van der Waals surface area contributed by atoms with Crippen LogP contribution in [-0.4, -0.2) is 31.7 Å². The lowest BCUT2D eigenvalue weighted by atomic mass is 10.8. The van der Waals surface area contributed by atoms with Crippen molar-refractivity contribution in [1.82, 2.24) is 4.90 Å². The summed E-state index contributed by atoms with van der Waals surface area (Å²) >= 11 is 0. The third-order valence-electron chi connectivity index (χ3n) is 0.526. The van der Waals surface area contributed by atoms with Crippen LogP contribution in [0, 0.1) is 0 Å². The molecule has 0 saturated carbocycles. The Bertz CT molecular complexity index is 80.5. The van der Waals surface area contributed by atoms with Gasteiger partial charge in [-0.1, -0.05) is 0 Å². The van der Waals surface area contributed by atoms with Gasteiger partial charge in [-0.2, -0.15) is 0 Å². The first-order valence-electron chi connectivity index (χ1n) is 2.41. The van der Waals surface area contributed by atoms with E-state index in [9.17, 15) is 4.79 Å². The molecule has 0 unspecified atom stereocenters. The summed E-state index contributed by atoms with van der Waals surface area (Å²) in [6, 6.07) is 0. The summed E-state index contributed by atoms with van der Waals surface area (Å²) in [5, 5.41) is 0. The summed E-state index contributed by atoms with van der Waals surface area (Å²) in [4.78, 5) is 11.9. The van der Waals surface area contributed by atoms with Crippen LogP contribution in [-0.2, 0) is 9.53 Å². The van der Waals surface area contributed by atoms with Crippen molar-refractivity contribution in [3.8, 4) is 0 Å². The van der Waals surface area contributed by atoms with Gasteiger partial charge >= 0.3 is 5.97 Å². The number of ether oxygens (including phenoxy) is 1. The molecule has 3 nitrogen and oxygen atoms in total. The molecule has 3 heteroatoms. The number of rotatable bonds is 2. The molecule has 8 heavy (non-hydrogen) atoms. The van der Waals surface area contributed by atoms with Gasteiger partial charge in [-0.05, 0) is 14.1 Å². The normalized spacial score (nSPS) is 9.50. The van der Waals surface area contributed by atoms with Crippen LogP contribution in [0.15, 0.2) is 0 Å². The van der Waals surface area contributed by atoms with Crippen molar-refractivity contribution < 1.29 is 9.53 Å². The quantitative estimate of drug-likeness (QED) is 0.378. The van der Waals surface area contributed by atoms with Gasteiger partial charge in [0.15, 0.2) is 0 Å². The zero-order chi connectivity index (χ0) is 6.57. The monoisotopic (exact) mass is 117 g/mol. The van der Waals surface area contributed by atoms with Crippen LogP contribution >= 0.6 is 0 Å². The number of esters is 1. The van der Waals surface area contributed by atoms with Crippen molar-refractivity contribution >= 4 is 5.97 Å². The summed E-state index contributed by atoms with van der Waals surface area (Å²) in [6.07, 6.45) is 0. The van der Waals surface area contributed by atoms with Gasteiger partial charge in [0.05, 0.1) is 0 Å². The van der Waals surface area contributed by atoms with E-state index in [0.717, 1.165) is 0 Å². The Balaban J connectivity index is 3.05. The Morgan fingerprint density at radius 2 is 2.12 bits per heavy atom. The van der Waals surface area contributed by atoms with E-state index >= 15 is 0 Å². The largest absolute Gasteiger partial charge is 0.450 e. The van der Waals surface area contributed by atoms with E-state index in [1.54, 1.807) is 4.90 Å². The van der Waals surface area contributed by atoms with Crippen molar-refractivity contribution in [2.45, 2.75) is 6.92 Å². The maximum atomic E-state index is 10.1. The predicted molar refractivity (Wildman–Crippen MR) is 30.3 cm³/mol. The lowest BCUT2D eigenvalue weighted by Crippen LogP contribution is -2.17. The van der Waals surface area contributed by atoms with Crippen LogP contribution in [0.4, 0.5) is 0 Å². The third-order valence-corrected chi connectivity index (χ3v) is 0.526. The van der Waals surface area contributed by atoms with Gasteiger partial charge in [-0.15, -0.1) is 0 Å². The molecule has 0 aliphatic rings. The number of nitrogens with zero attached hydrogens (tertiary/aromatic N) is 1. The number of hydrogen-bond acceptors (Lipinski definition) is 3. The Kier molecular flexibility index (Phi) is 3.19. The molecular formula is C5H11NO2. The minimum absolute atomic E-state index is 0.237. The van der Waals surface area contributed by atoms with Crippen LogP contribution in [0.1, 0.15) is 6.92 Å². The fourth-order valence-corrected chi connectivity index (χ4v) is 0.220. The predicted octanol–water partition coefficient (Wildman–Crippen LogP) is 0.0686. The highest BCUT2D eigenvalue weighted by atomic mass is 16.5. The zero-order valence-electron chi connectivity index (χ0n) is 5.47. The molecule has 0 aliphatic carbocycles. The molecule has 0 aromatic carbocycles. The fraction of sp³-hybridized carbons (Fsp3) is 0.800. The zero-order valence-corrected chi connectivity index (χ0v) is 5.47. The summed E-state index contributed by atoms with van der Waals surface area (Å²) in [7, 11) is 3.67. The van der Waals surface area contributed by atoms with E-state index in [4.69, 9.17) is 0 Å². The lowest BCUT2D eigenvalue weighted by Gasteiger charge is -2.07. The fourth-order valence-electron chi connectivity index (χ4n) is 0.220. The van der Waals surface area contributed by atoms with Gasteiger partial charge in [0.1, 0.15) is 6.73 Å². The molecule has 0 radical (unpaired) electrons. The van der Waals surface area contributed by atoms with E-state index in [2.05, 4.69) is 4.74 Å². The Morgan fingerprint density at radius 3 is 2.25 bits per heavy atom. The second-order valence-electron chi connectivity index (χ2n) is 1.84. The molecule has 48 valence electrons. The molecule has 0 aliphatic heterocycles. The summed E-state index contributed by atoms with van der Waals surface area (Å²) in [5.74, 6) is -0.237. The average Bonchev–Trinajstić information content (AvgIpc) is 1.61. The van der Waals surface area contributed by atoms with Crippen LogP contribution in [0.25, 0.3) is 0 Å². The highest BCUT2D eigenvalue weighted by molar-refractivity contribution is 5.65. The van der Waals surface area contributed by atoms with E-state index in [1.807, 2.05) is 14.1 Å². The summed E-state index contributed by atoms with van der Waals surface area (Å²) < 4.78 is 4.59. The molecule has 0 aromatic heterocycles. The topological polar surface area (TPSA) is 29.5 Å². The van der Waals surface area contributed by atoms with Crippen LogP contribution in [0.3, 0.4) is 0 Å². The standard InChI is InChI=1S/C5H11NO2/c1-5(7)8-4-6(2)3/h4H2,1-3H3. The van der Waals surface area contributed by atoms with Gasteiger partial charge in [-0.25, -0.2) is 0 Å². The summed E-state index contributed by atoms with van der Waals surface area (Å²) in [5.41, 5.74) is 0. The van der Waals surface area contributed by atoms with E-state index in [-0.39, 0.29) is 5.97 Å². The van der Waals surface area contributed by atoms with Gasteiger partial charge < -0.3 is 4.74 Å². The molecule has 0 N–H and O–H groups in total. The first kappa shape index (κ1) is 7.43. The molecule has 0 bridgehead atoms. The van der Waals surface area contributed by atoms with Crippen molar-refractivity contribution in [2.75, 3.05) is 20.8 Å². The van der Waals surface area contributed by atoms with Crippen molar-refractivity contribution in [2.24, 2.45) is 0 Å². The second kappa shape index (κ2) is 3.43. The molecule has 0 atom stereocenters. The highest BCUT2D eigenvalue weighted by Gasteiger charge is 1.90. The van der Waals surface area contributed by atoms with Crippen LogP contribution in [0.5, 0.6) is 0 Å². The van der Waals surface area contributed by atoms with Crippen LogP contribution < -0.4 is 0 Å². The van der Waals surface area contributed by atoms with Crippen LogP contribution in [0.2, 0.25) is 0 Å². The molecule has 0 spiro atoms. The maximum Gasteiger partial charge on any atom is 0.303 e. The highest BCUT2D eigenvalue weighted by Crippen LogP contribution is 1.77. The van der Waals surface area contributed by atoms with Gasteiger partial charge in [0, 0.05) is 6.92 Å². The van der Waals surface area contributed by atoms with E-state index in [0.29, 0.717) is 6.73 Å². The first-order chi connectivity index (χ1) is 3.63. The molecular weight excluding hydrogens is 106 g/mol. The molecule has 0 amide bonds. The van der Waals surface area contributed by atoms with Gasteiger partial charge in [0.25, 0.3) is 0 Å². The molecule has 0 rings (SSSR count). The Labute approximate surface area is 49.2 Å². The second-order valence-corrected chi connectivity index (χ2v) is 1.84. The molecule has 0 fully saturated rings. The van der Waals surface area contributed by atoms with Crippen molar-refractivity contribution in [3.63, 3.8) is 0 Å². The summed E-state index contributed by atoms with van der Waals surface area (Å²) in [6.45, 7) is 1.76.